The van der Waals surface area contributed by atoms with Gasteiger partial charge in [0.2, 0.25) is 5.91 Å². The number of hydrogen-bond acceptors (Lipinski definition) is 4. The minimum atomic E-state index is -0.147. The Hall–Kier alpha value is -2.09. The highest BCUT2D eigenvalue weighted by Gasteiger charge is 2.11. The summed E-state index contributed by atoms with van der Waals surface area (Å²) in [6.45, 7) is 9.24. The van der Waals surface area contributed by atoms with Gasteiger partial charge in [-0.1, -0.05) is 30.7 Å². The van der Waals surface area contributed by atoms with Gasteiger partial charge in [-0.15, -0.1) is 0 Å². The fourth-order valence-electron chi connectivity index (χ4n) is 2.71. The second-order valence-electron chi connectivity index (χ2n) is 6.51. The molecule has 1 amide bonds. The fraction of sp³-hybridized carbons (Fsp3) is 0.364. The van der Waals surface area contributed by atoms with Crippen LogP contribution < -0.4 is 14.9 Å². The Bertz CT molecular complexity index is 850. The Morgan fingerprint density at radius 2 is 1.96 bits per heavy atom. The van der Waals surface area contributed by atoms with Crippen molar-refractivity contribution in [3.05, 3.63) is 56.2 Å². The average Bonchev–Trinajstić information content (AvgIpc) is 2.64. The third kappa shape index (κ3) is 6.51. The molecule has 0 aromatic heterocycles. The quantitative estimate of drug-likeness (QED) is 0.310. The molecule has 28 heavy (non-hydrogen) atoms. The standard InChI is InChI=1S/C22H27IN2O3/c1-5-9-28-22-19(23)11-17(12-20(22)27-6-2)14-24-25-21(26)13-18-8-7-15(3)10-16(18)4/h7-8,10-12,14H,5-6,9,13H2,1-4H3,(H,25,26)/b24-14-. The topological polar surface area (TPSA) is 59.9 Å². The first kappa shape index (κ1) is 22.2. The van der Waals surface area contributed by atoms with Crippen molar-refractivity contribution in [2.45, 2.75) is 40.5 Å². The first-order chi connectivity index (χ1) is 13.4. The lowest BCUT2D eigenvalue weighted by molar-refractivity contribution is -0.120. The third-order valence-electron chi connectivity index (χ3n) is 4.03. The Morgan fingerprint density at radius 1 is 1.18 bits per heavy atom. The van der Waals surface area contributed by atoms with Crippen molar-refractivity contribution in [1.29, 1.82) is 0 Å². The van der Waals surface area contributed by atoms with Crippen LogP contribution in [-0.4, -0.2) is 25.3 Å². The van der Waals surface area contributed by atoms with Crippen LogP contribution in [0.15, 0.2) is 35.4 Å². The fourth-order valence-corrected chi connectivity index (χ4v) is 3.49. The molecule has 0 fully saturated rings. The average molecular weight is 494 g/mol. The Labute approximate surface area is 180 Å². The van der Waals surface area contributed by atoms with Crippen molar-refractivity contribution in [2.24, 2.45) is 5.10 Å². The predicted octanol–water partition coefficient (Wildman–Crippen LogP) is 4.79. The van der Waals surface area contributed by atoms with Gasteiger partial charge in [0.25, 0.3) is 0 Å². The minimum Gasteiger partial charge on any atom is -0.490 e. The molecule has 0 bridgehead atoms. The van der Waals surface area contributed by atoms with Crippen LogP contribution in [0.25, 0.3) is 0 Å². The van der Waals surface area contributed by atoms with Crippen molar-refractivity contribution < 1.29 is 14.3 Å². The first-order valence-electron chi connectivity index (χ1n) is 9.41. The molecule has 2 aromatic carbocycles. The molecule has 2 aromatic rings. The van der Waals surface area contributed by atoms with Gasteiger partial charge in [0.15, 0.2) is 11.5 Å². The van der Waals surface area contributed by atoms with E-state index in [0.717, 1.165) is 32.4 Å². The van der Waals surface area contributed by atoms with Crippen LogP contribution >= 0.6 is 22.6 Å². The van der Waals surface area contributed by atoms with Gasteiger partial charge < -0.3 is 9.47 Å². The number of hydrazone groups is 1. The molecule has 0 aliphatic carbocycles. The normalized spacial score (nSPS) is 10.9. The molecule has 0 spiro atoms. The van der Waals surface area contributed by atoms with Crippen LogP contribution in [-0.2, 0) is 11.2 Å². The lowest BCUT2D eigenvalue weighted by Crippen LogP contribution is -2.20. The van der Waals surface area contributed by atoms with Crippen molar-refractivity contribution in [2.75, 3.05) is 13.2 Å². The Balaban J connectivity index is 2.05. The number of carbonyl (C=O) groups is 1. The largest absolute Gasteiger partial charge is 0.490 e. The molecule has 150 valence electrons. The molecule has 0 aliphatic rings. The molecular formula is C22H27IN2O3. The van der Waals surface area contributed by atoms with Crippen LogP contribution in [0.2, 0.25) is 0 Å². The van der Waals surface area contributed by atoms with Gasteiger partial charge in [-0.25, -0.2) is 5.43 Å². The molecular weight excluding hydrogens is 467 g/mol. The van der Waals surface area contributed by atoms with Gasteiger partial charge >= 0.3 is 0 Å². The van der Waals surface area contributed by atoms with E-state index in [0.29, 0.717) is 25.4 Å². The second kappa shape index (κ2) is 11.0. The maximum atomic E-state index is 12.2. The van der Waals surface area contributed by atoms with E-state index in [2.05, 4.69) is 46.1 Å². The van der Waals surface area contributed by atoms with E-state index >= 15 is 0 Å². The number of nitrogens with one attached hydrogen (secondary N) is 1. The van der Waals surface area contributed by atoms with Crippen LogP contribution in [0.5, 0.6) is 11.5 Å². The highest BCUT2D eigenvalue weighted by atomic mass is 127. The summed E-state index contributed by atoms with van der Waals surface area (Å²) in [5.41, 5.74) is 6.73. The predicted molar refractivity (Wildman–Crippen MR) is 121 cm³/mol. The van der Waals surface area contributed by atoms with E-state index in [-0.39, 0.29) is 5.91 Å². The van der Waals surface area contributed by atoms with Crippen molar-refractivity contribution in [1.82, 2.24) is 5.43 Å². The summed E-state index contributed by atoms with van der Waals surface area (Å²) in [5.74, 6) is 1.29. The van der Waals surface area contributed by atoms with Gasteiger partial charge in [-0.05, 0) is 78.6 Å². The summed E-state index contributed by atoms with van der Waals surface area (Å²) in [5, 5.41) is 4.09. The summed E-state index contributed by atoms with van der Waals surface area (Å²) >= 11 is 2.22. The number of carbonyl (C=O) groups excluding carboxylic acids is 1. The molecule has 2 rings (SSSR count). The number of rotatable bonds is 9. The number of aryl methyl sites for hydroxylation is 2. The van der Waals surface area contributed by atoms with Gasteiger partial charge in [0, 0.05) is 0 Å². The number of benzene rings is 2. The number of ether oxygens (including phenoxy) is 2. The molecule has 0 atom stereocenters. The Kier molecular flexibility index (Phi) is 8.76. The van der Waals surface area contributed by atoms with Gasteiger partial charge in [-0.2, -0.15) is 5.10 Å². The zero-order chi connectivity index (χ0) is 20.5. The van der Waals surface area contributed by atoms with Gasteiger partial charge in [-0.3, -0.25) is 4.79 Å². The maximum Gasteiger partial charge on any atom is 0.244 e. The second-order valence-corrected chi connectivity index (χ2v) is 7.67. The Morgan fingerprint density at radius 3 is 2.64 bits per heavy atom. The van der Waals surface area contributed by atoms with E-state index < -0.39 is 0 Å². The van der Waals surface area contributed by atoms with Gasteiger partial charge in [0.05, 0.1) is 29.4 Å². The van der Waals surface area contributed by atoms with Crippen molar-refractivity contribution in [3.63, 3.8) is 0 Å². The smallest absolute Gasteiger partial charge is 0.244 e. The minimum absolute atomic E-state index is 0.147. The first-order valence-corrected chi connectivity index (χ1v) is 10.5. The third-order valence-corrected chi connectivity index (χ3v) is 4.84. The monoisotopic (exact) mass is 494 g/mol. The zero-order valence-electron chi connectivity index (χ0n) is 16.8. The summed E-state index contributed by atoms with van der Waals surface area (Å²) < 4.78 is 12.5. The number of halogens is 1. The summed E-state index contributed by atoms with van der Waals surface area (Å²) in [7, 11) is 0. The molecule has 0 unspecified atom stereocenters. The van der Waals surface area contributed by atoms with E-state index in [1.807, 2.05) is 45.0 Å². The van der Waals surface area contributed by atoms with Crippen LogP contribution in [0.4, 0.5) is 0 Å². The number of amides is 1. The lowest BCUT2D eigenvalue weighted by atomic mass is 10.0. The molecule has 6 heteroatoms. The van der Waals surface area contributed by atoms with E-state index in [1.165, 1.54) is 5.56 Å². The summed E-state index contributed by atoms with van der Waals surface area (Å²) in [6, 6.07) is 9.90. The SMILES string of the molecule is CCCOc1c(I)cc(/C=N\NC(=O)Cc2ccc(C)cc2C)cc1OCC. The number of nitrogens with zero attached hydrogens (tertiary/aromatic N) is 1. The van der Waals surface area contributed by atoms with Gasteiger partial charge in [0.1, 0.15) is 0 Å². The zero-order valence-corrected chi connectivity index (χ0v) is 19.0. The summed E-state index contributed by atoms with van der Waals surface area (Å²) in [6.07, 6.45) is 2.85. The van der Waals surface area contributed by atoms with Crippen molar-refractivity contribution in [3.8, 4) is 11.5 Å². The number of hydrogen-bond donors (Lipinski definition) is 1. The van der Waals surface area contributed by atoms with Crippen molar-refractivity contribution >= 4 is 34.7 Å². The van der Waals surface area contributed by atoms with E-state index in [9.17, 15) is 4.79 Å². The van der Waals surface area contributed by atoms with Crippen LogP contribution in [0.1, 0.15) is 42.5 Å². The summed E-state index contributed by atoms with van der Waals surface area (Å²) in [4.78, 5) is 12.2. The van der Waals surface area contributed by atoms with E-state index in [1.54, 1.807) is 6.21 Å². The lowest BCUT2D eigenvalue weighted by Gasteiger charge is -2.14. The van der Waals surface area contributed by atoms with Crippen LogP contribution in [0.3, 0.4) is 0 Å². The maximum absolute atomic E-state index is 12.2. The molecule has 0 radical (unpaired) electrons. The van der Waals surface area contributed by atoms with E-state index in [4.69, 9.17) is 9.47 Å². The molecule has 5 nitrogen and oxygen atoms in total. The highest BCUT2D eigenvalue weighted by molar-refractivity contribution is 14.1. The molecule has 0 aliphatic heterocycles. The molecule has 0 heterocycles. The molecule has 0 saturated heterocycles. The molecule has 0 saturated carbocycles. The van der Waals surface area contributed by atoms with Crippen LogP contribution in [0, 0.1) is 17.4 Å². The molecule has 1 N–H and O–H groups in total. The highest BCUT2D eigenvalue weighted by Crippen LogP contribution is 2.34.